The zero-order valence-electron chi connectivity index (χ0n) is 16.3. The Morgan fingerprint density at radius 1 is 1.19 bits per heavy atom. The number of rotatable bonds is 10. The van der Waals surface area contributed by atoms with E-state index in [2.05, 4.69) is 19.2 Å². The van der Waals surface area contributed by atoms with Gasteiger partial charge in [0.15, 0.2) is 11.5 Å². The Balaban J connectivity index is 0.00000338. The third kappa shape index (κ3) is 6.36. The van der Waals surface area contributed by atoms with Crippen LogP contribution in [0.25, 0.3) is 0 Å². The number of hydrogen-bond acceptors (Lipinski definition) is 4. The summed E-state index contributed by atoms with van der Waals surface area (Å²) in [6.07, 6.45) is 2.86. The lowest BCUT2D eigenvalue weighted by atomic mass is 10.1. The summed E-state index contributed by atoms with van der Waals surface area (Å²) >= 11 is 0. The fraction of sp³-hybridized carbons (Fsp3) is 0.650. The highest BCUT2D eigenvalue weighted by atomic mass is 35.5. The molecule has 6 heteroatoms. The molecule has 0 radical (unpaired) electrons. The normalized spacial score (nSPS) is 16.0. The molecule has 0 aromatic heterocycles. The number of nitrogens with zero attached hydrogens (tertiary/aromatic N) is 1. The van der Waals surface area contributed by atoms with Crippen molar-refractivity contribution in [2.75, 3.05) is 32.8 Å². The number of nitrogens with one attached hydrogen (secondary N) is 1. The molecule has 26 heavy (non-hydrogen) atoms. The van der Waals surface area contributed by atoms with Crippen molar-refractivity contribution in [2.45, 2.75) is 46.6 Å². The number of hydrogen-bond donors (Lipinski definition) is 1. The van der Waals surface area contributed by atoms with E-state index in [4.69, 9.17) is 9.47 Å². The van der Waals surface area contributed by atoms with Crippen LogP contribution in [0, 0.1) is 5.92 Å². The van der Waals surface area contributed by atoms with Crippen molar-refractivity contribution in [1.29, 1.82) is 0 Å². The van der Waals surface area contributed by atoms with Crippen molar-refractivity contribution in [3.05, 3.63) is 23.8 Å². The highest BCUT2D eigenvalue weighted by Gasteiger charge is 2.27. The fourth-order valence-electron chi connectivity index (χ4n) is 3.13. The van der Waals surface area contributed by atoms with Gasteiger partial charge in [0.05, 0.1) is 19.1 Å². The second-order valence-electron chi connectivity index (χ2n) is 6.51. The van der Waals surface area contributed by atoms with Crippen molar-refractivity contribution in [3.63, 3.8) is 0 Å². The molecule has 1 aromatic rings. The molecule has 5 nitrogen and oxygen atoms in total. The second kappa shape index (κ2) is 12.0. The van der Waals surface area contributed by atoms with Gasteiger partial charge in [0.2, 0.25) is 5.91 Å². The van der Waals surface area contributed by atoms with Crippen molar-refractivity contribution in [3.8, 4) is 11.5 Å². The number of carbonyl (C=O) groups is 1. The number of ether oxygens (including phenoxy) is 2. The Morgan fingerprint density at radius 2 is 2.00 bits per heavy atom. The predicted octanol–water partition coefficient (Wildman–Crippen LogP) is 3.64. The minimum absolute atomic E-state index is 0. The molecule has 0 bridgehead atoms. The van der Waals surface area contributed by atoms with Crippen molar-refractivity contribution in [1.82, 2.24) is 10.2 Å². The molecule has 1 heterocycles. The van der Waals surface area contributed by atoms with Gasteiger partial charge in [0.25, 0.3) is 0 Å². The van der Waals surface area contributed by atoms with Gasteiger partial charge in [-0.15, -0.1) is 12.4 Å². The van der Waals surface area contributed by atoms with Crippen LogP contribution in [0.1, 0.15) is 45.6 Å². The summed E-state index contributed by atoms with van der Waals surface area (Å²) in [4.78, 5) is 14.8. The van der Waals surface area contributed by atoms with Gasteiger partial charge in [-0.25, -0.2) is 0 Å². The molecule has 1 N–H and O–H groups in total. The van der Waals surface area contributed by atoms with E-state index < -0.39 is 0 Å². The molecule has 1 fully saturated rings. The van der Waals surface area contributed by atoms with E-state index in [0.717, 1.165) is 56.0 Å². The van der Waals surface area contributed by atoms with E-state index in [1.54, 1.807) is 0 Å². The van der Waals surface area contributed by atoms with E-state index >= 15 is 0 Å². The minimum atomic E-state index is 0. The summed E-state index contributed by atoms with van der Waals surface area (Å²) in [5.41, 5.74) is 1.08. The summed E-state index contributed by atoms with van der Waals surface area (Å²) in [7, 11) is 0. The molecular weight excluding hydrogens is 352 g/mol. The Morgan fingerprint density at radius 3 is 2.62 bits per heavy atom. The van der Waals surface area contributed by atoms with Gasteiger partial charge in [-0.1, -0.05) is 19.9 Å². The Hall–Kier alpha value is -1.46. The smallest absolute Gasteiger partial charge is 0.227 e. The molecule has 148 valence electrons. The maximum Gasteiger partial charge on any atom is 0.227 e. The standard InChI is InChI=1S/C20H32N2O3.ClH/c1-4-11-22(20(23)17-9-10-21-14-17)15-16-7-8-18(25-12-5-2)19(13-16)24-6-3;/h7-8,13,17,21H,4-6,9-12,14-15H2,1-3H3;1H. The molecule has 1 aromatic carbocycles. The van der Waals surface area contributed by atoms with E-state index in [-0.39, 0.29) is 24.2 Å². The first kappa shape index (κ1) is 22.6. The van der Waals surface area contributed by atoms with Crippen LogP contribution in [-0.4, -0.2) is 43.7 Å². The van der Waals surface area contributed by atoms with Crippen molar-refractivity contribution >= 4 is 18.3 Å². The highest BCUT2D eigenvalue weighted by molar-refractivity contribution is 5.85. The van der Waals surface area contributed by atoms with Crippen LogP contribution in [-0.2, 0) is 11.3 Å². The first-order valence-corrected chi connectivity index (χ1v) is 9.57. The monoisotopic (exact) mass is 384 g/mol. The van der Waals surface area contributed by atoms with Gasteiger partial charge < -0.3 is 19.7 Å². The predicted molar refractivity (Wildman–Crippen MR) is 107 cm³/mol. The lowest BCUT2D eigenvalue weighted by molar-refractivity contribution is -0.135. The van der Waals surface area contributed by atoms with Crippen LogP contribution >= 0.6 is 12.4 Å². The zero-order valence-corrected chi connectivity index (χ0v) is 17.1. The van der Waals surface area contributed by atoms with Crippen LogP contribution in [0.15, 0.2) is 18.2 Å². The minimum Gasteiger partial charge on any atom is -0.490 e. The first-order valence-electron chi connectivity index (χ1n) is 9.57. The van der Waals surface area contributed by atoms with Gasteiger partial charge >= 0.3 is 0 Å². The summed E-state index contributed by atoms with van der Waals surface area (Å²) in [5.74, 6) is 1.92. The molecule has 1 aliphatic rings. The van der Waals surface area contributed by atoms with Gasteiger partial charge in [-0.3, -0.25) is 4.79 Å². The van der Waals surface area contributed by atoms with E-state index in [0.29, 0.717) is 19.8 Å². The van der Waals surface area contributed by atoms with Crippen molar-refractivity contribution < 1.29 is 14.3 Å². The summed E-state index contributed by atoms with van der Waals surface area (Å²) in [5, 5.41) is 3.28. The molecule has 2 rings (SSSR count). The molecule has 1 atom stereocenters. The summed E-state index contributed by atoms with van der Waals surface area (Å²) < 4.78 is 11.5. The SMILES string of the molecule is CCCOc1ccc(CN(CCC)C(=O)C2CCNC2)cc1OCC.Cl. The van der Waals surface area contributed by atoms with Gasteiger partial charge in [0, 0.05) is 19.6 Å². The average Bonchev–Trinajstić information content (AvgIpc) is 3.15. The maximum atomic E-state index is 12.8. The fourth-order valence-corrected chi connectivity index (χ4v) is 3.13. The zero-order chi connectivity index (χ0) is 18.1. The summed E-state index contributed by atoms with van der Waals surface area (Å²) in [6.45, 7) is 10.6. The number of amides is 1. The molecule has 1 amide bonds. The number of benzene rings is 1. The van der Waals surface area contributed by atoms with E-state index in [1.807, 2.05) is 30.0 Å². The molecule has 1 saturated heterocycles. The van der Waals surface area contributed by atoms with Crippen LogP contribution in [0.3, 0.4) is 0 Å². The molecular formula is C20H33ClN2O3. The lowest BCUT2D eigenvalue weighted by Gasteiger charge is -2.25. The average molecular weight is 385 g/mol. The number of halogens is 1. The van der Waals surface area contributed by atoms with E-state index in [1.165, 1.54) is 0 Å². The quantitative estimate of drug-likeness (QED) is 0.669. The van der Waals surface area contributed by atoms with Crippen LogP contribution in [0.2, 0.25) is 0 Å². The number of carbonyl (C=O) groups excluding carboxylic acids is 1. The van der Waals surface area contributed by atoms with Crippen LogP contribution in [0.4, 0.5) is 0 Å². The summed E-state index contributed by atoms with van der Waals surface area (Å²) in [6, 6.07) is 6.01. The lowest BCUT2D eigenvalue weighted by Crippen LogP contribution is -2.37. The topological polar surface area (TPSA) is 50.8 Å². The molecule has 0 aliphatic carbocycles. The third-order valence-electron chi connectivity index (χ3n) is 4.36. The Kier molecular flexibility index (Phi) is 10.4. The van der Waals surface area contributed by atoms with Crippen LogP contribution in [0.5, 0.6) is 11.5 Å². The molecule has 0 spiro atoms. The Bertz CT molecular complexity index is 548. The maximum absolute atomic E-state index is 12.8. The van der Waals surface area contributed by atoms with E-state index in [9.17, 15) is 4.79 Å². The van der Waals surface area contributed by atoms with Crippen LogP contribution < -0.4 is 14.8 Å². The van der Waals surface area contributed by atoms with Crippen molar-refractivity contribution in [2.24, 2.45) is 5.92 Å². The molecule has 1 aliphatic heterocycles. The highest BCUT2D eigenvalue weighted by Crippen LogP contribution is 2.29. The third-order valence-corrected chi connectivity index (χ3v) is 4.36. The van der Waals surface area contributed by atoms with Gasteiger partial charge in [-0.05, 0) is 50.4 Å². The second-order valence-corrected chi connectivity index (χ2v) is 6.51. The Labute approximate surface area is 163 Å². The van der Waals surface area contributed by atoms with Gasteiger partial charge in [0.1, 0.15) is 0 Å². The largest absolute Gasteiger partial charge is 0.490 e. The molecule has 0 saturated carbocycles. The molecule has 1 unspecified atom stereocenters. The first-order chi connectivity index (χ1) is 12.2. The van der Waals surface area contributed by atoms with Gasteiger partial charge in [-0.2, -0.15) is 0 Å².